The highest BCUT2D eigenvalue weighted by molar-refractivity contribution is 5.97. The van der Waals surface area contributed by atoms with Gasteiger partial charge in [-0.25, -0.2) is 4.98 Å². The van der Waals surface area contributed by atoms with Gasteiger partial charge in [-0.3, -0.25) is 4.79 Å². The first-order valence-corrected chi connectivity index (χ1v) is 11.8. The van der Waals surface area contributed by atoms with Crippen molar-refractivity contribution in [2.75, 3.05) is 4.90 Å². The average molecular weight is 455 g/mol. The number of hydrogen-bond acceptors (Lipinski definition) is 4. The lowest BCUT2D eigenvalue weighted by molar-refractivity contribution is 0.631. The quantitative estimate of drug-likeness (QED) is 0.240. The molecule has 0 atom stereocenters. The van der Waals surface area contributed by atoms with E-state index in [0.717, 1.165) is 28.0 Å². The molecule has 3 heterocycles. The third-order valence-electron chi connectivity index (χ3n) is 7.24. The predicted octanol–water partition coefficient (Wildman–Crippen LogP) is 7.60. The van der Waals surface area contributed by atoms with Gasteiger partial charge in [0.25, 0.3) is 0 Å². The van der Waals surface area contributed by atoms with Gasteiger partial charge in [0.05, 0.1) is 27.7 Å². The Kier molecular flexibility index (Phi) is 4.01. The third kappa shape index (κ3) is 2.80. The second kappa shape index (κ2) is 7.03. The SMILES string of the molecule is CC1(C)c2ccccc2N(c2ccc3c(=O)c4cc5ccccc5nc4oc3c2)c2ccccc21. The van der Waals surface area contributed by atoms with E-state index in [1.165, 1.54) is 11.1 Å². The summed E-state index contributed by atoms with van der Waals surface area (Å²) in [6, 6.07) is 32.5. The lowest BCUT2D eigenvalue weighted by Crippen LogP contribution is -2.30. The largest absolute Gasteiger partial charge is 0.437 e. The first-order valence-electron chi connectivity index (χ1n) is 11.8. The summed E-state index contributed by atoms with van der Waals surface area (Å²) in [6.45, 7) is 4.53. The number of hydrogen-bond donors (Lipinski definition) is 0. The van der Waals surface area contributed by atoms with Crippen LogP contribution in [0.4, 0.5) is 17.1 Å². The highest BCUT2D eigenvalue weighted by atomic mass is 16.3. The molecule has 0 amide bonds. The van der Waals surface area contributed by atoms with Gasteiger partial charge in [-0.1, -0.05) is 68.4 Å². The monoisotopic (exact) mass is 454 g/mol. The van der Waals surface area contributed by atoms with Gasteiger partial charge < -0.3 is 9.32 Å². The molecule has 6 aromatic rings. The molecule has 1 aliphatic heterocycles. The Hall–Kier alpha value is -4.44. The first kappa shape index (κ1) is 20.0. The molecule has 168 valence electrons. The molecule has 0 bridgehead atoms. The molecule has 0 spiro atoms. The highest BCUT2D eigenvalue weighted by Gasteiger charge is 2.36. The number of anilines is 3. The number of rotatable bonds is 1. The van der Waals surface area contributed by atoms with Gasteiger partial charge in [-0.2, -0.15) is 0 Å². The van der Waals surface area contributed by atoms with Crippen molar-refractivity contribution < 1.29 is 4.42 Å². The zero-order valence-electron chi connectivity index (χ0n) is 19.4. The minimum Gasteiger partial charge on any atom is -0.437 e. The number of para-hydroxylation sites is 3. The van der Waals surface area contributed by atoms with E-state index >= 15 is 0 Å². The molecule has 2 aromatic heterocycles. The van der Waals surface area contributed by atoms with E-state index in [2.05, 4.69) is 72.3 Å². The van der Waals surface area contributed by atoms with Crippen LogP contribution in [-0.4, -0.2) is 4.98 Å². The topological polar surface area (TPSA) is 46.3 Å². The van der Waals surface area contributed by atoms with Crippen molar-refractivity contribution in [1.82, 2.24) is 4.98 Å². The summed E-state index contributed by atoms with van der Waals surface area (Å²) < 4.78 is 6.25. The summed E-state index contributed by atoms with van der Waals surface area (Å²) in [6.07, 6.45) is 0. The molecule has 7 rings (SSSR count). The molecule has 0 unspecified atom stereocenters. The zero-order chi connectivity index (χ0) is 23.7. The van der Waals surface area contributed by atoms with Crippen LogP contribution >= 0.6 is 0 Å². The summed E-state index contributed by atoms with van der Waals surface area (Å²) >= 11 is 0. The van der Waals surface area contributed by atoms with Gasteiger partial charge in [-0.05, 0) is 47.5 Å². The minimum atomic E-state index is -0.131. The molecule has 0 aliphatic carbocycles. The predicted molar refractivity (Wildman–Crippen MR) is 142 cm³/mol. The Morgan fingerprint density at radius 2 is 1.40 bits per heavy atom. The maximum atomic E-state index is 13.4. The minimum absolute atomic E-state index is 0.0633. The van der Waals surface area contributed by atoms with E-state index < -0.39 is 0 Å². The lowest BCUT2D eigenvalue weighted by atomic mass is 9.73. The second-order valence-corrected chi connectivity index (χ2v) is 9.64. The van der Waals surface area contributed by atoms with Crippen LogP contribution in [0.1, 0.15) is 25.0 Å². The Bertz CT molecular complexity index is 1820. The van der Waals surface area contributed by atoms with Gasteiger partial charge in [0.15, 0.2) is 0 Å². The van der Waals surface area contributed by atoms with Crippen molar-refractivity contribution in [2.24, 2.45) is 0 Å². The Balaban J connectivity index is 1.50. The highest BCUT2D eigenvalue weighted by Crippen LogP contribution is 2.51. The van der Waals surface area contributed by atoms with Crippen molar-refractivity contribution in [3.63, 3.8) is 0 Å². The van der Waals surface area contributed by atoms with Gasteiger partial charge in [0, 0.05) is 22.6 Å². The van der Waals surface area contributed by atoms with Crippen molar-refractivity contribution >= 4 is 50.0 Å². The van der Waals surface area contributed by atoms with E-state index in [9.17, 15) is 4.79 Å². The molecule has 0 saturated heterocycles. The summed E-state index contributed by atoms with van der Waals surface area (Å²) in [4.78, 5) is 20.3. The van der Waals surface area contributed by atoms with Crippen LogP contribution in [0.3, 0.4) is 0 Å². The molecule has 0 fully saturated rings. The maximum absolute atomic E-state index is 13.4. The van der Waals surface area contributed by atoms with E-state index in [0.29, 0.717) is 22.1 Å². The third-order valence-corrected chi connectivity index (χ3v) is 7.24. The van der Waals surface area contributed by atoms with Crippen molar-refractivity contribution in [2.45, 2.75) is 19.3 Å². The fraction of sp³-hybridized carbons (Fsp3) is 0.0968. The molecule has 1 aliphatic rings. The van der Waals surface area contributed by atoms with Crippen LogP contribution in [0, 0.1) is 0 Å². The molecule has 4 heteroatoms. The smallest absolute Gasteiger partial charge is 0.231 e. The van der Waals surface area contributed by atoms with Gasteiger partial charge in [0.2, 0.25) is 11.1 Å². The average Bonchev–Trinajstić information content (AvgIpc) is 2.88. The van der Waals surface area contributed by atoms with Crippen LogP contribution in [-0.2, 0) is 5.41 Å². The van der Waals surface area contributed by atoms with Gasteiger partial charge in [0.1, 0.15) is 5.58 Å². The van der Waals surface area contributed by atoms with Crippen LogP contribution in [0.15, 0.2) is 106 Å². The van der Waals surface area contributed by atoms with E-state index in [4.69, 9.17) is 4.42 Å². The van der Waals surface area contributed by atoms with Crippen LogP contribution in [0.25, 0.3) is 33.0 Å². The fourth-order valence-electron chi connectivity index (χ4n) is 5.46. The summed E-state index contributed by atoms with van der Waals surface area (Å²) in [5, 5.41) is 1.98. The zero-order valence-corrected chi connectivity index (χ0v) is 19.4. The summed E-state index contributed by atoms with van der Waals surface area (Å²) in [5.74, 6) is 0. The summed E-state index contributed by atoms with van der Waals surface area (Å²) in [5.41, 5.74) is 7.21. The van der Waals surface area contributed by atoms with Crippen LogP contribution in [0.2, 0.25) is 0 Å². The van der Waals surface area contributed by atoms with Crippen molar-refractivity contribution in [3.8, 4) is 0 Å². The molecule has 0 N–H and O–H groups in total. The Labute approximate surface area is 202 Å². The number of fused-ring (bicyclic) bond motifs is 5. The first-order chi connectivity index (χ1) is 17.0. The van der Waals surface area contributed by atoms with E-state index in [1.54, 1.807) is 0 Å². The van der Waals surface area contributed by atoms with E-state index in [-0.39, 0.29) is 10.8 Å². The van der Waals surface area contributed by atoms with Crippen molar-refractivity contribution in [3.05, 3.63) is 118 Å². The molecule has 0 saturated carbocycles. The Morgan fingerprint density at radius 3 is 2.14 bits per heavy atom. The summed E-state index contributed by atoms with van der Waals surface area (Å²) in [7, 11) is 0. The number of aromatic nitrogens is 1. The van der Waals surface area contributed by atoms with Crippen molar-refractivity contribution in [1.29, 1.82) is 0 Å². The normalized spacial score (nSPS) is 14.3. The number of nitrogens with zero attached hydrogens (tertiary/aromatic N) is 2. The molecule has 4 aromatic carbocycles. The Morgan fingerprint density at radius 1 is 0.743 bits per heavy atom. The van der Waals surface area contributed by atoms with Crippen LogP contribution in [0.5, 0.6) is 0 Å². The molecule has 4 nitrogen and oxygen atoms in total. The van der Waals surface area contributed by atoms with E-state index in [1.807, 2.05) is 48.5 Å². The standard InChI is InChI=1S/C31H22N2O2/c1-31(2)23-10-4-7-13-26(23)33(27-14-8-5-11-24(27)31)20-15-16-21-28(18-20)35-30-22(29(21)34)17-19-9-3-6-12-25(19)32-30/h3-18H,1-2H3. The molecular weight excluding hydrogens is 432 g/mol. The van der Waals surface area contributed by atoms with Crippen LogP contribution < -0.4 is 10.3 Å². The number of benzene rings is 4. The van der Waals surface area contributed by atoms with Gasteiger partial charge in [-0.15, -0.1) is 0 Å². The fourth-order valence-corrected chi connectivity index (χ4v) is 5.46. The molecule has 0 radical (unpaired) electrons. The molecule has 35 heavy (non-hydrogen) atoms. The lowest BCUT2D eigenvalue weighted by Gasteiger charge is -2.42. The second-order valence-electron chi connectivity index (χ2n) is 9.64. The van der Waals surface area contributed by atoms with Gasteiger partial charge >= 0.3 is 0 Å². The molecular formula is C31H22N2O2. The number of pyridine rings is 1. The maximum Gasteiger partial charge on any atom is 0.231 e.